The van der Waals surface area contributed by atoms with E-state index in [1.807, 2.05) is 21.0 Å². The van der Waals surface area contributed by atoms with E-state index in [1.54, 1.807) is 13.8 Å². The third-order valence-electron chi connectivity index (χ3n) is 4.80. The maximum Gasteiger partial charge on any atom is 0.194 e. The quantitative estimate of drug-likeness (QED) is 0.385. The van der Waals surface area contributed by atoms with E-state index in [-0.39, 0.29) is 29.7 Å². The average Bonchev–Trinajstić information content (AvgIpc) is 2.55. The summed E-state index contributed by atoms with van der Waals surface area (Å²) in [5.74, 6) is 0.943. The third kappa shape index (κ3) is 5.73. The zero-order valence-corrected chi connectivity index (χ0v) is 20.4. The average molecular weight is 508 g/mol. The van der Waals surface area contributed by atoms with E-state index < -0.39 is 14.6 Å². The summed E-state index contributed by atoms with van der Waals surface area (Å²) >= 11 is 0. The molecule has 1 heterocycles. The van der Waals surface area contributed by atoms with Gasteiger partial charge in [0.2, 0.25) is 0 Å². The van der Waals surface area contributed by atoms with Gasteiger partial charge in [-0.25, -0.2) is 13.4 Å². The Hall–Kier alpha value is -1.03. The first-order valence-electron chi connectivity index (χ1n) is 9.10. The lowest BCUT2D eigenvalue weighted by molar-refractivity contribution is 0.353. The van der Waals surface area contributed by atoms with E-state index in [9.17, 15) is 8.42 Å². The monoisotopic (exact) mass is 508 g/mol. The van der Waals surface area contributed by atoms with E-state index >= 15 is 0 Å². The summed E-state index contributed by atoms with van der Waals surface area (Å²) < 4.78 is 23.8. The van der Waals surface area contributed by atoms with Crippen LogP contribution in [0, 0.1) is 6.92 Å². The van der Waals surface area contributed by atoms with Crippen LogP contribution in [0.1, 0.15) is 31.9 Å². The molecule has 0 amide bonds. The van der Waals surface area contributed by atoms with Gasteiger partial charge in [0.15, 0.2) is 15.8 Å². The van der Waals surface area contributed by atoms with Gasteiger partial charge in [-0.1, -0.05) is 12.1 Å². The highest BCUT2D eigenvalue weighted by Crippen LogP contribution is 2.24. The molecule has 27 heavy (non-hydrogen) atoms. The molecule has 1 aliphatic heterocycles. The van der Waals surface area contributed by atoms with E-state index in [4.69, 9.17) is 4.99 Å². The van der Waals surface area contributed by atoms with Gasteiger partial charge in [-0.3, -0.25) is 0 Å². The predicted octanol–water partition coefficient (Wildman–Crippen LogP) is 2.65. The van der Waals surface area contributed by atoms with Gasteiger partial charge in [0.05, 0.1) is 17.0 Å². The van der Waals surface area contributed by atoms with E-state index in [0.717, 1.165) is 23.8 Å². The highest BCUT2D eigenvalue weighted by molar-refractivity contribution is 14.0. The minimum atomic E-state index is -3.06. The third-order valence-corrected chi connectivity index (χ3v) is 7.33. The lowest BCUT2D eigenvalue weighted by atomic mass is 10.1. The Morgan fingerprint density at radius 1 is 1.33 bits per heavy atom. The van der Waals surface area contributed by atoms with Crippen LogP contribution in [0.25, 0.3) is 0 Å². The molecule has 1 saturated heterocycles. The van der Waals surface area contributed by atoms with Gasteiger partial charge >= 0.3 is 0 Å². The number of hydrogen-bond acceptors (Lipinski definition) is 4. The molecule has 0 atom stereocenters. The Bertz CT molecular complexity index is 776. The number of aliphatic imine (C=N–C) groups is 1. The Morgan fingerprint density at radius 3 is 2.56 bits per heavy atom. The van der Waals surface area contributed by atoms with E-state index in [0.29, 0.717) is 19.6 Å². The highest BCUT2D eigenvalue weighted by Gasteiger charge is 2.40. The van der Waals surface area contributed by atoms with Crippen molar-refractivity contribution < 1.29 is 8.42 Å². The van der Waals surface area contributed by atoms with Gasteiger partial charge in [-0.2, -0.15) is 0 Å². The molecule has 1 aromatic rings. The van der Waals surface area contributed by atoms with E-state index in [1.165, 1.54) is 5.56 Å². The Kier molecular flexibility index (Phi) is 8.40. The van der Waals surface area contributed by atoms with Crippen LogP contribution in [0.4, 0.5) is 5.69 Å². The summed E-state index contributed by atoms with van der Waals surface area (Å²) in [6.07, 6.45) is 0. The van der Waals surface area contributed by atoms with Crippen molar-refractivity contribution in [1.29, 1.82) is 0 Å². The second kappa shape index (κ2) is 9.45. The van der Waals surface area contributed by atoms with Crippen molar-refractivity contribution in [3.05, 3.63) is 29.3 Å². The maximum atomic E-state index is 12.3. The molecule has 0 bridgehead atoms. The van der Waals surface area contributed by atoms with Crippen LogP contribution in [0.3, 0.4) is 0 Å². The summed E-state index contributed by atoms with van der Waals surface area (Å²) in [7, 11) is 1.00. The first-order valence-corrected chi connectivity index (χ1v) is 10.7. The molecule has 0 unspecified atom stereocenters. The van der Waals surface area contributed by atoms with Crippen LogP contribution in [0.2, 0.25) is 0 Å². The number of sulfone groups is 1. The molecule has 1 fully saturated rings. The molecule has 0 spiro atoms. The van der Waals surface area contributed by atoms with Crippen LogP contribution in [0.5, 0.6) is 0 Å². The molecule has 1 aliphatic rings. The highest BCUT2D eigenvalue weighted by atomic mass is 127. The van der Waals surface area contributed by atoms with Crippen LogP contribution in [-0.2, 0) is 16.4 Å². The smallest absolute Gasteiger partial charge is 0.194 e. The fourth-order valence-corrected chi connectivity index (χ4v) is 4.50. The van der Waals surface area contributed by atoms with Crippen LogP contribution >= 0.6 is 24.0 Å². The summed E-state index contributed by atoms with van der Waals surface area (Å²) in [6.45, 7) is 9.93. The number of nitrogens with zero attached hydrogens (tertiary/aromatic N) is 3. The number of anilines is 1. The van der Waals surface area contributed by atoms with Gasteiger partial charge in [0.1, 0.15) is 0 Å². The Labute approximate surface area is 181 Å². The molecule has 2 rings (SSSR count). The van der Waals surface area contributed by atoms with Gasteiger partial charge in [0.25, 0.3) is 0 Å². The van der Waals surface area contributed by atoms with Crippen molar-refractivity contribution in [3.63, 3.8) is 0 Å². The molecular formula is C19H33IN4O2S. The number of guanidine groups is 1. The SMILES string of the molecule is CCNC(=NCc1ccc(C)cc1N(C)C)N1CCS(=O)(=O)C(C)(C)C1.I. The Morgan fingerprint density at radius 2 is 2.00 bits per heavy atom. The number of nitrogens with one attached hydrogen (secondary N) is 1. The minimum Gasteiger partial charge on any atom is -0.377 e. The number of benzene rings is 1. The first kappa shape index (κ1) is 24.0. The topological polar surface area (TPSA) is 65.0 Å². The molecule has 0 aliphatic carbocycles. The second-order valence-electron chi connectivity index (χ2n) is 7.70. The fraction of sp³-hybridized carbons (Fsp3) is 0.632. The van der Waals surface area contributed by atoms with Gasteiger partial charge in [-0.05, 0) is 44.9 Å². The van der Waals surface area contributed by atoms with Crippen molar-refractivity contribution in [1.82, 2.24) is 10.2 Å². The first-order chi connectivity index (χ1) is 12.1. The molecule has 6 nitrogen and oxygen atoms in total. The van der Waals surface area contributed by atoms with Crippen LogP contribution in [0.15, 0.2) is 23.2 Å². The normalized spacial score (nSPS) is 18.6. The number of rotatable bonds is 4. The van der Waals surface area contributed by atoms with Crippen molar-refractivity contribution in [2.75, 3.05) is 44.4 Å². The summed E-state index contributed by atoms with van der Waals surface area (Å²) in [6, 6.07) is 6.37. The van der Waals surface area contributed by atoms with Crippen molar-refractivity contribution in [2.45, 2.75) is 39.0 Å². The zero-order valence-electron chi connectivity index (χ0n) is 17.2. The summed E-state index contributed by atoms with van der Waals surface area (Å²) in [5, 5.41) is 3.32. The molecule has 0 aromatic heterocycles. The summed E-state index contributed by atoms with van der Waals surface area (Å²) in [5.41, 5.74) is 3.53. The van der Waals surface area contributed by atoms with Crippen LogP contribution in [-0.4, -0.2) is 63.5 Å². The van der Waals surface area contributed by atoms with Gasteiger partial charge < -0.3 is 15.1 Å². The molecule has 1 aromatic carbocycles. The molecule has 154 valence electrons. The summed E-state index contributed by atoms with van der Waals surface area (Å²) in [4.78, 5) is 8.97. The van der Waals surface area contributed by atoms with Gasteiger partial charge in [-0.15, -0.1) is 24.0 Å². The predicted molar refractivity (Wildman–Crippen MR) is 125 cm³/mol. The Balaban J connectivity index is 0.00000364. The van der Waals surface area contributed by atoms with Gasteiger partial charge in [0, 0.05) is 39.4 Å². The van der Waals surface area contributed by atoms with E-state index in [2.05, 4.69) is 40.2 Å². The zero-order chi connectivity index (χ0) is 19.5. The van der Waals surface area contributed by atoms with Crippen molar-refractivity contribution >= 4 is 45.5 Å². The standard InChI is InChI=1S/C19H32N4O2S.HI/c1-7-20-18(23-10-11-26(24,25)19(3,4)14-23)21-13-16-9-8-15(2)12-17(16)22(5)6;/h8-9,12H,7,10-11,13-14H2,1-6H3,(H,20,21);1H. The van der Waals surface area contributed by atoms with Crippen molar-refractivity contribution in [2.24, 2.45) is 4.99 Å². The molecule has 0 saturated carbocycles. The fourth-order valence-electron chi connectivity index (χ4n) is 3.13. The maximum absolute atomic E-state index is 12.3. The minimum absolute atomic E-state index is 0. The van der Waals surface area contributed by atoms with Crippen molar-refractivity contribution in [3.8, 4) is 0 Å². The second-order valence-corrected chi connectivity index (χ2v) is 10.4. The molecule has 1 N–H and O–H groups in total. The lowest BCUT2D eigenvalue weighted by Gasteiger charge is -2.39. The largest absolute Gasteiger partial charge is 0.377 e. The lowest BCUT2D eigenvalue weighted by Crippen LogP contribution is -2.57. The molecular weight excluding hydrogens is 475 g/mol. The molecule has 8 heteroatoms. The number of aryl methyl sites for hydroxylation is 1. The number of halogens is 1. The van der Waals surface area contributed by atoms with Crippen LogP contribution < -0.4 is 10.2 Å². The molecule has 0 radical (unpaired) electrons. The number of hydrogen-bond donors (Lipinski definition) is 1.